The highest BCUT2D eigenvalue weighted by molar-refractivity contribution is 7.14. The zero-order valence-corrected chi connectivity index (χ0v) is 8.99. The minimum Gasteiger partial charge on any atom is -0.383 e. The van der Waals surface area contributed by atoms with Crippen molar-refractivity contribution in [2.45, 2.75) is 6.10 Å². The van der Waals surface area contributed by atoms with E-state index in [0.29, 0.717) is 4.34 Å². The molecule has 1 atom stereocenters. The highest BCUT2D eigenvalue weighted by atomic mass is 35.5. The molecule has 0 saturated carbocycles. The minimum atomic E-state index is -0.524. The summed E-state index contributed by atoms with van der Waals surface area (Å²) in [6.07, 6.45) is -0.524. The van der Waals surface area contributed by atoms with Gasteiger partial charge in [0.1, 0.15) is 6.10 Å². The Kier molecular flexibility index (Phi) is 2.69. The van der Waals surface area contributed by atoms with Gasteiger partial charge in [0.2, 0.25) is 0 Å². The molecule has 0 aliphatic rings. The molecule has 0 aromatic carbocycles. The van der Waals surface area contributed by atoms with E-state index in [1.807, 2.05) is 22.9 Å². The van der Waals surface area contributed by atoms with Gasteiger partial charge < -0.3 is 5.11 Å². The van der Waals surface area contributed by atoms with Crippen LogP contribution in [0.5, 0.6) is 0 Å². The molecular formula is C9H7ClOS2. The van der Waals surface area contributed by atoms with Crippen molar-refractivity contribution in [3.63, 3.8) is 0 Å². The van der Waals surface area contributed by atoms with Crippen LogP contribution in [-0.2, 0) is 0 Å². The summed E-state index contributed by atoms with van der Waals surface area (Å²) >= 11 is 8.76. The van der Waals surface area contributed by atoms with E-state index in [1.54, 1.807) is 17.4 Å². The van der Waals surface area contributed by atoms with E-state index >= 15 is 0 Å². The van der Waals surface area contributed by atoms with E-state index < -0.39 is 6.10 Å². The van der Waals surface area contributed by atoms with Gasteiger partial charge in [0.05, 0.1) is 4.34 Å². The minimum absolute atomic E-state index is 0.524. The molecule has 0 bridgehead atoms. The first-order valence-electron chi connectivity index (χ1n) is 3.73. The number of thiophene rings is 2. The fourth-order valence-corrected chi connectivity index (χ4v) is 2.72. The Hall–Kier alpha value is -0.350. The zero-order chi connectivity index (χ0) is 9.26. The summed E-state index contributed by atoms with van der Waals surface area (Å²) in [6, 6.07) is 5.65. The van der Waals surface area contributed by atoms with Crippen molar-refractivity contribution in [2.75, 3.05) is 0 Å². The van der Waals surface area contributed by atoms with Crippen molar-refractivity contribution < 1.29 is 5.11 Å². The maximum absolute atomic E-state index is 9.85. The molecule has 68 valence electrons. The summed E-state index contributed by atoms with van der Waals surface area (Å²) in [4.78, 5) is 0.953. The Labute approximate surface area is 89.2 Å². The highest BCUT2D eigenvalue weighted by Crippen LogP contribution is 2.30. The molecule has 2 heterocycles. The maximum Gasteiger partial charge on any atom is 0.114 e. The Balaban J connectivity index is 2.28. The van der Waals surface area contributed by atoms with Gasteiger partial charge in [-0.15, -0.1) is 22.7 Å². The Morgan fingerprint density at radius 3 is 2.77 bits per heavy atom. The second-order valence-corrected chi connectivity index (χ2v) is 5.12. The second-order valence-electron chi connectivity index (χ2n) is 2.60. The molecule has 1 N–H and O–H groups in total. The fourth-order valence-electron chi connectivity index (χ4n) is 1.08. The summed E-state index contributed by atoms with van der Waals surface area (Å²) in [7, 11) is 0. The average Bonchev–Trinajstić information content (AvgIpc) is 2.72. The molecule has 0 amide bonds. The molecule has 0 radical (unpaired) electrons. The van der Waals surface area contributed by atoms with Crippen molar-refractivity contribution in [1.82, 2.24) is 0 Å². The number of rotatable bonds is 2. The number of aliphatic hydroxyl groups excluding tert-OH is 1. The molecular weight excluding hydrogens is 224 g/mol. The predicted octanol–water partition coefficient (Wildman–Crippen LogP) is 3.54. The number of hydrogen-bond donors (Lipinski definition) is 1. The standard InChI is InChI=1S/C9H7ClOS2/c10-8-4-6(5-13-8)9(11)7-2-1-3-12-7/h1-5,9,11H. The van der Waals surface area contributed by atoms with Crippen molar-refractivity contribution in [3.05, 3.63) is 43.7 Å². The van der Waals surface area contributed by atoms with Crippen LogP contribution in [0, 0.1) is 0 Å². The Morgan fingerprint density at radius 2 is 2.23 bits per heavy atom. The van der Waals surface area contributed by atoms with Gasteiger partial charge in [0, 0.05) is 4.88 Å². The van der Waals surface area contributed by atoms with E-state index in [2.05, 4.69) is 0 Å². The monoisotopic (exact) mass is 230 g/mol. The predicted molar refractivity (Wildman–Crippen MR) is 57.7 cm³/mol. The lowest BCUT2D eigenvalue weighted by molar-refractivity contribution is 0.224. The van der Waals surface area contributed by atoms with Crippen molar-refractivity contribution >= 4 is 34.3 Å². The van der Waals surface area contributed by atoms with Crippen LogP contribution in [0.4, 0.5) is 0 Å². The summed E-state index contributed by atoms with van der Waals surface area (Å²) in [5.74, 6) is 0. The second kappa shape index (κ2) is 3.80. The van der Waals surface area contributed by atoms with Gasteiger partial charge in [0.25, 0.3) is 0 Å². The van der Waals surface area contributed by atoms with Gasteiger partial charge in [-0.2, -0.15) is 0 Å². The zero-order valence-electron chi connectivity index (χ0n) is 6.61. The quantitative estimate of drug-likeness (QED) is 0.837. The van der Waals surface area contributed by atoms with Crippen LogP contribution in [0.2, 0.25) is 4.34 Å². The third-order valence-corrected chi connectivity index (χ3v) is 3.75. The molecule has 2 aromatic rings. The van der Waals surface area contributed by atoms with E-state index in [1.165, 1.54) is 11.3 Å². The normalized spacial score (nSPS) is 13.1. The van der Waals surface area contributed by atoms with Crippen LogP contribution in [-0.4, -0.2) is 5.11 Å². The SMILES string of the molecule is OC(c1csc(Cl)c1)c1cccs1. The lowest BCUT2D eigenvalue weighted by Gasteiger charge is -2.04. The molecule has 0 fully saturated rings. The fraction of sp³-hybridized carbons (Fsp3) is 0.111. The highest BCUT2D eigenvalue weighted by Gasteiger charge is 2.12. The number of halogens is 1. The van der Waals surface area contributed by atoms with E-state index in [-0.39, 0.29) is 0 Å². The van der Waals surface area contributed by atoms with Gasteiger partial charge in [-0.1, -0.05) is 17.7 Å². The molecule has 2 rings (SSSR count). The summed E-state index contributed by atoms with van der Waals surface area (Å²) in [5.41, 5.74) is 0.873. The van der Waals surface area contributed by atoms with Crippen molar-refractivity contribution in [1.29, 1.82) is 0 Å². The smallest absolute Gasteiger partial charge is 0.114 e. The third kappa shape index (κ3) is 1.94. The summed E-state index contributed by atoms with van der Waals surface area (Å²) in [5, 5.41) is 13.7. The van der Waals surface area contributed by atoms with Crippen molar-refractivity contribution in [2.24, 2.45) is 0 Å². The first-order valence-corrected chi connectivity index (χ1v) is 5.86. The first kappa shape index (κ1) is 9.21. The number of hydrogen-bond acceptors (Lipinski definition) is 3. The molecule has 13 heavy (non-hydrogen) atoms. The van der Waals surface area contributed by atoms with Crippen LogP contribution in [0.3, 0.4) is 0 Å². The molecule has 0 aliphatic heterocycles. The van der Waals surface area contributed by atoms with Crippen LogP contribution >= 0.6 is 34.3 Å². The lowest BCUT2D eigenvalue weighted by Crippen LogP contribution is -1.93. The summed E-state index contributed by atoms with van der Waals surface area (Å²) in [6.45, 7) is 0. The summed E-state index contributed by atoms with van der Waals surface area (Å²) < 4.78 is 0.714. The maximum atomic E-state index is 9.85. The third-order valence-electron chi connectivity index (χ3n) is 1.72. The van der Waals surface area contributed by atoms with Gasteiger partial charge in [-0.3, -0.25) is 0 Å². The van der Waals surface area contributed by atoms with Crippen LogP contribution < -0.4 is 0 Å². The Morgan fingerprint density at radius 1 is 1.38 bits per heavy atom. The van der Waals surface area contributed by atoms with Gasteiger partial charge in [0.15, 0.2) is 0 Å². The van der Waals surface area contributed by atoms with E-state index in [9.17, 15) is 5.11 Å². The van der Waals surface area contributed by atoms with Crippen LogP contribution in [0.1, 0.15) is 16.5 Å². The molecule has 2 aromatic heterocycles. The van der Waals surface area contributed by atoms with Crippen LogP contribution in [0.15, 0.2) is 29.0 Å². The van der Waals surface area contributed by atoms with E-state index in [4.69, 9.17) is 11.6 Å². The first-order chi connectivity index (χ1) is 6.27. The number of aliphatic hydroxyl groups is 1. The van der Waals surface area contributed by atoms with E-state index in [0.717, 1.165) is 10.4 Å². The van der Waals surface area contributed by atoms with Gasteiger partial charge in [-0.05, 0) is 28.5 Å². The van der Waals surface area contributed by atoms with Crippen LogP contribution in [0.25, 0.3) is 0 Å². The van der Waals surface area contributed by atoms with Crippen molar-refractivity contribution in [3.8, 4) is 0 Å². The molecule has 4 heteroatoms. The topological polar surface area (TPSA) is 20.2 Å². The lowest BCUT2D eigenvalue weighted by atomic mass is 10.2. The molecule has 1 nitrogen and oxygen atoms in total. The Bertz CT molecular complexity index is 380. The molecule has 1 unspecified atom stereocenters. The largest absolute Gasteiger partial charge is 0.383 e. The molecule has 0 saturated heterocycles. The molecule has 0 aliphatic carbocycles. The van der Waals surface area contributed by atoms with Gasteiger partial charge >= 0.3 is 0 Å². The molecule has 0 spiro atoms. The average molecular weight is 231 g/mol. The van der Waals surface area contributed by atoms with Gasteiger partial charge in [-0.25, -0.2) is 0 Å².